The summed E-state index contributed by atoms with van der Waals surface area (Å²) in [5.41, 5.74) is 3.97. The van der Waals surface area contributed by atoms with Gasteiger partial charge in [0.2, 0.25) is 0 Å². The maximum atomic E-state index is 10.1. The zero-order valence-electron chi connectivity index (χ0n) is 13.6. The molecule has 4 rings (SSSR count). The molecule has 1 radical (unpaired) electrons. The predicted molar refractivity (Wildman–Crippen MR) is 102 cm³/mol. The Morgan fingerprint density at radius 3 is 2.36 bits per heavy atom. The van der Waals surface area contributed by atoms with Gasteiger partial charge in [-0.2, -0.15) is 0 Å². The van der Waals surface area contributed by atoms with Crippen LogP contribution in [-0.2, 0) is 6.54 Å². The summed E-state index contributed by atoms with van der Waals surface area (Å²) < 4.78 is 2.20. The second kappa shape index (κ2) is 6.40. The van der Waals surface area contributed by atoms with Crippen molar-refractivity contribution < 1.29 is 10.2 Å². The molecule has 0 bridgehead atoms. The van der Waals surface area contributed by atoms with E-state index in [1.807, 2.05) is 37.6 Å². The van der Waals surface area contributed by atoms with Crippen LogP contribution in [0.3, 0.4) is 0 Å². The van der Waals surface area contributed by atoms with Gasteiger partial charge in [-0.1, -0.05) is 66.1 Å². The Morgan fingerprint density at radius 1 is 0.760 bits per heavy atom. The Bertz CT molecular complexity index is 1020. The molecule has 0 aliphatic heterocycles. The van der Waals surface area contributed by atoms with Crippen molar-refractivity contribution in [2.24, 2.45) is 0 Å². The molecule has 3 aromatic carbocycles. The molecule has 4 aromatic rings. The first-order chi connectivity index (χ1) is 12.2. The van der Waals surface area contributed by atoms with E-state index < -0.39 is 0 Å². The summed E-state index contributed by atoms with van der Waals surface area (Å²) >= 11 is 0. The lowest BCUT2D eigenvalue weighted by molar-refractivity contribution is 0.406. The van der Waals surface area contributed by atoms with E-state index in [1.165, 1.54) is 11.6 Å². The molecule has 0 fully saturated rings. The van der Waals surface area contributed by atoms with Gasteiger partial charge in [-0.3, -0.25) is 0 Å². The van der Waals surface area contributed by atoms with Gasteiger partial charge < -0.3 is 14.8 Å². The molecule has 0 atom stereocenters. The average Bonchev–Trinajstić information content (AvgIpc) is 2.98. The highest BCUT2D eigenvalue weighted by molar-refractivity contribution is 6.70. The van der Waals surface area contributed by atoms with Gasteiger partial charge in [0.1, 0.15) is 0 Å². The monoisotopic (exact) mass is 326 g/mol. The van der Waals surface area contributed by atoms with Crippen molar-refractivity contribution in [3.05, 3.63) is 84.6 Å². The number of fused-ring (bicyclic) bond motifs is 1. The number of rotatable bonds is 4. The molecular formula is C21H17BNO2. The van der Waals surface area contributed by atoms with E-state index in [-0.39, 0.29) is 11.5 Å². The molecule has 1 aromatic heterocycles. The lowest BCUT2D eigenvalue weighted by Crippen LogP contribution is -2.26. The third-order valence-electron chi connectivity index (χ3n) is 4.37. The van der Waals surface area contributed by atoms with Crippen LogP contribution in [0.4, 0.5) is 0 Å². The van der Waals surface area contributed by atoms with Gasteiger partial charge in [0.25, 0.3) is 0 Å². The van der Waals surface area contributed by atoms with E-state index in [0.29, 0.717) is 5.46 Å². The molecule has 0 unspecified atom stereocenters. The number of hydrogen-bond donors (Lipinski definition) is 2. The minimum atomic E-state index is -0.109. The number of benzene rings is 3. The Balaban J connectivity index is 1.76. The molecule has 0 saturated heterocycles. The van der Waals surface area contributed by atoms with Crippen LogP contribution in [0.1, 0.15) is 5.56 Å². The minimum absolute atomic E-state index is 0.0950. The van der Waals surface area contributed by atoms with Gasteiger partial charge in [-0.25, -0.2) is 0 Å². The molecule has 4 heteroatoms. The van der Waals surface area contributed by atoms with Crippen LogP contribution < -0.4 is 10.9 Å². The Hall–Kier alpha value is -3.14. The number of hydrogen-bond acceptors (Lipinski definition) is 2. The van der Waals surface area contributed by atoms with Crippen LogP contribution in [0, 0.1) is 0 Å². The Kier molecular flexibility index (Phi) is 3.94. The van der Waals surface area contributed by atoms with E-state index in [1.54, 1.807) is 12.1 Å². The van der Waals surface area contributed by atoms with Crippen LogP contribution >= 0.6 is 0 Å². The molecule has 0 amide bonds. The fraction of sp³-hybridized carbons (Fsp3) is 0.0476. The smallest absolute Gasteiger partial charge is 0.199 e. The largest absolute Gasteiger partial charge is 0.505 e. The lowest BCUT2D eigenvalue weighted by Gasteiger charge is -2.05. The molecule has 0 spiro atoms. The molecule has 0 saturated carbocycles. The molecule has 25 heavy (non-hydrogen) atoms. The van der Waals surface area contributed by atoms with Crippen LogP contribution in [0.2, 0.25) is 0 Å². The number of phenols is 2. The van der Waals surface area contributed by atoms with Crippen molar-refractivity contribution in [3.8, 4) is 11.5 Å². The third-order valence-corrected chi connectivity index (χ3v) is 4.37. The first-order valence-corrected chi connectivity index (χ1v) is 8.20. The Labute approximate surface area is 147 Å². The van der Waals surface area contributed by atoms with Gasteiger partial charge in [0, 0.05) is 12.1 Å². The van der Waals surface area contributed by atoms with Crippen LogP contribution in [0.15, 0.2) is 79.0 Å². The first-order valence-electron chi connectivity index (χ1n) is 8.20. The van der Waals surface area contributed by atoms with Crippen molar-refractivity contribution >= 4 is 29.1 Å². The summed E-state index contributed by atoms with van der Waals surface area (Å²) in [5.74, 6) is -0.204. The fourth-order valence-electron chi connectivity index (χ4n) is 3.13. The summed E-state index contributed by atoms with van der Waals surface area (Å²) in [4.78, 5) is 0. The number of aromatic hydroxyl groups is 2. The SMILES string of the molecule is Oc1cccc([B]c2cn(Cc3ccccc3)c3ccccc23)c1O. The summed E-state index contributed by atoms with van der Waals surface area (Å²) in [6.45, 7) is 0.779. The van der Waals surface area contributed by atoms with Crippen molar-refractivity contribution in [1.82, 2.24) is 4.57 Å². The summed E-state index contributed by atoms with van der Waals surface area (Å²) in [5, 5.41) is 20.9. The highest BCUT2D eigenvalue weighted by Crippen LogP contribution is 2.21. The normalized spacial score (nSPS) is 10.9. The lowest BCUT2D eigenvalue weighted by atomic mass is 9.63. The van der Waals surface area contributed by atoms with Crippen molar-refractivity contribution in [2.45, 2.75) is 6.54 Å². The van der Waals surface area contributed by atoms with Crippen molar-refractivity contribution in [3.63, 3.8) is 0 Å². The molecular weight excluding hydrogens is 309 g/mol. The van der Waals surface area contributed by atoms with Crippen LogP contribution in [0.25, 0.3) is 10.9 Å². The average molecular weight is 326 g/mol. The zero-order valence-corrected chi connectivity index (χ0v) is 13.6. The van der Waals surface area contributed by atoms with Gasteiger partial charge in [-0.05, 0) is 34.7 Å². The first kappa shape index (κ1) is 15.4. The maximum Gasteiger partial charge on any atom is 0.199 e. The second-order valence-electron chi connectivity index (χ2n) is 6.07. The van der Waals surface area contributed by atoms with Crippen LogP contribution in [0.5, 0.6) is 11.5 Å². The molecule has 1 heterocycles. The summed E-state index contributed by atoms with van der Waals surface area (Å²) in [6.07, 6.45) is 2.08. The van der Waals surface area contributed by atoms with E-state index in [4.69, 9.17) is 0 Å². The number of para-hydroxylation sites is 2. The highest BCUT2D eigenvalue weighted by atomic mass is 16.3. The third kappa shape index (κ3) is 2.99. The quantitative estimate of drug-likeness (QED) is 0.447. The van der Waals surface area contributed by atoms with Gasteiger partial charge in [-0.15, -0.1) is 0 Å². The fourth-order valence-corrected chi connectivity index (χ4v) is 3.13. The molecule has 121 valence electrons. The predicted octanol–water partition coefficient (Wildman–Crippen LogP) is 2.76. The van der Waals surface area contributed by atoms with Gasteiger partial charge in [0.15, 0.2) is 18.8 Å². The maximum absolute atomic E-state index is 10.1. The Morgan fingerprint density at radius 2 is 1.52 bits per heavy atom. The summed E-state index contributed by atoms with van der Waals surface area (Å²) in [6, 6.07) is 23.5. The highest BCUT2D eigenvalue weighted by Gasteiger charge is 2.13. The van der Waals surface area contributed by atoms with Gasteiger partial charge >= 0.3 is 0 Å². The van der Waals surface area contributed by atoms with E-state index in [2.05, 4.69) is 35.0 Å². The zero-order chi connectivity index (χ0) is 17.2. The van der Waals surface area contributed by atoms with Gasteiger partial charge in [0.05, 0.1) is 0 Å². The number of phenolic OH excluding ortho intramolecular Hbond substituents is 2. The minimum Gasteiger partial charge on any atom is -0.505 e. The van der Waals surface area contributed by atoms with E-state index in [0.717, 1.165) is 22.9 Å². The summed E-state index contributed by atoms with van der Waals surface area (Å²) in [7, 11) is 1.90. The van der Waals surface area contributed by atoms with Crippen molar-refractivity contribution in [1.29, 1.82) is 0 Å². The number of aromatic nitrogens is 1. The van der Waals surface area contributed by atoms with E-state index in [9.17, 15) is 10.2 Å². The second-order valence-corrected chi connectivity index (χ2v) is 6.07. The molecule has 2 N–H and O–H groups in total. The van der Waals surface area contributed by atoms with Crippen molar-refractivity contribution in [2.75, 3.05) is 0 Å². The molecule has 0 aliphatic rings. The standard InChI is InChI=1S/C21H17BNO2/c24-20-12-6-10-17(21(20)25)22-18-14-23(13-15-7-2-1-3-8-15)19-11-5-4-9-16(18)19/h1-12,14,24-25H,13H2. The molecule has 0 aliphatic carbocycles. The topological polar surface area (TPSA) is 45.4 Å². The van der Waals surface area contributed by atoms with E-state index >= 15 is 0 Å². The number of nitrogens with zero attached hydrogens (tertiary/aromatic N) is 1. The van der Waals surface area contributed by atoms with Crippen LogP contribution in [-0.4, -0.2) is 22.1 Å². The molecule has 3 nitrogen and oxygen atoms in total.